The first-order valence-electron chi connectivity index (χ1n) is 9.29. The Morgan fingerprint density at radius 2 is 2.00 bits per heavy atom. The predicted octanol–water partition coefficient (Wildman–Crippen LogP) is 4.49. The van der Waals surface area contributed by atoms with Crippen LogP contribution in [0.5, 0.6) is 0 Å². The van der Waals surface area contributed by atoms with Crippen LogP contribution in [0.15, 0.2) is 34.6 Å². The highest BCUT2D eigenvalue weighted by molar-refractivity contribution is 14.0. The van der Waals surface area contributed by atoms with Gasteiger partial charge in [0, 0.05) is 31.1 Å². The van der Waals surface area contributed by atoms with Crippen molar-refractivity contribution >= 4 is 52.9 Å². The van der Waals surface area contributed by atoms with E-state index in [4.69, 9.17) is 0 Å². The quantitative estimate of drug-likeness (QED) is 0.275. The number of thiazole rings is 1. The number of nitrogens with zero attached hydrogens (tertiary/aromatic N) is 2. The third kappa shape index (κ3) is 8.14. The van der Waals surface area contributed by atoms with Crippen molar-refractivity contribution in [1.82, 2.24) is 15.6 Å². The number of guanidine groups is 1. The molecule has 1 heterocycles. The minimum Gasteiger partial charge on any atom is -0.352 e. The molecule has 0 atom stereocenters. The van der Waals surface area contributed by atoms with Crippen LogP contribution in [-0.4, -0.2) is 23.9 Å². The number of aromatic nitrogens is 1. The molecule has 0 aliphatic heterocycles. The topological polar surface area (TPSA) is 78.4 Å². The summed E-state index contributed by atoms with van der Waals surface area (Å²) in [7, 11) is 1.75. The number of amides is 1. The van der Waals surface area contributed by atoms with Crippen molar-refractivity contribution in [3.8, 4) is 0 Å². The van der Waals surface area contributed by atoms with Gasteiger partial charge in [-0.15, -0.1) is 35.3 Å². The molecule has 0 fully saturated rings. The molecule has 1 aromatic heterocycles. The van der Waals surface area contributed by atoms with Gasteiger partial charge in [0.05, 0.1) is 12.2 Å². The van der Waals surface area contributed by atoms with Crippen molar-refractivity contribution < 1.29 is 4.79 Å². The van der Waals surface area contributed by atoms with Crippen LogP contribution in [-0.2, 0) is 17.9 Å². The van der Waals surface area contributed by atoms with Crippen molar-refractivity contribution in [2.75, 3.05) is 12.4 Å². The van der Waals surface area contributed by atoms with Gasteiger partial charge in [-0.3, -0.25) is 9.79 Å². The molecule has 0 aliphatic carbocycles. The van der Waals surface area contributed by atoms with Gasteiger partial charge in [-0.2, -0.15) is 0 Å². The molecule has 1 aromatic carbocycles. The molecule has 0 bridgehead atoms. The number of anilines is 1. The van der Waals surface area contributed by atoms with Gasteiger partial charge in [0.2, 0.25) is 5.91 Å². The van der Waals surface area contributed by atoms with Crippen LogP contribution >= 0.6 is 35.3 Å². The number of hydrogen-bond acceptors (Lipinski definition) is 4. The summed E-state index contributed by atoms with van der Waals surface area (Å²) in [5.74, 6) is 1.21. The van der Waals surface area contributed by atoms with Crippen LogP contribution in [0.2, 0.25) is 0 Å². The first-order chi connectivity index (χ1) is 13.0. The summed E-state index contributed by atoms with van der Waals surface area (Å²) in [5.41, 5.74) is 3.02. The molecule has 0 saturated heterocycles. The first-order valence-corrected chi connectivity index (χ1v) is 10.2. The minimum absolute atomic E-state index is 0. The maximum Gasteiger partial charge on any atom is 0.224 e. The van der Waals surface area contributed by atoms with Gasteiger partial charge in [0.1, 0.15) is 5.01 Å². The number of carbonyl (C=O) groups excluding carboxylic acids is 1. The Labute approximate surface area is 188 Å². The number of aliphatic imine (C=N–C) groups is 1. The van der Waals surface area contributed by atoms with Gasteiger partial charge in [0.25, 0.3) is 0 Å². The molecule has 2 aromatic rings. The summed E-state index contributed by atoms with van der Waals surface area (Å²) < 4.78 is 0. The van der Waals surface area contributed by atoms with Crippen LogP contribution in [0.1, 0.15) is 55.8 Å². The Morgan fingerprint density at radius 1 is 1.25 bits per heavy atom. The average Bonchev–Trinajstić information content (AvgIpc) is 3.12. The van der Waals surface area contributed by atoms with Crippen LogP contribution in [0.3, 0.4) is 0 Å². The van der Waals surface area contributed by atoms with Gasteiger partial charge in [-0.25, -0.2) is 4.98 Å². The highest BCUT2D eigenvalue weighted by Gasteiger charge is 2.07. The lowest BCUT2D eigenvalue weighted by Gasteiger charge is -2.12. The third-order valence-corrected chi connectivity index (χ3v) is 4.81. The van der Waals surface area contributed by atoms with Crippen LogP contribution in [0.25, 0.3) is 0 Å². The monoisotopic (exact) mass is 515 g/mol. The standard InChI is InChI=1S/C20H29N5OS.HI/c1-5-7-18(26)24-16-9-6-8-15(10-16)11-22-20(21-4)23-12-19-25-17(13-27-19)14(2)3;/h6,8-10,13-14H,5,7,11-12H2,1-4H3,(H,24,26)(H2,21,22,23);1H. The minimum atomic E-state index is 0. The fraction of sp³-hybridized carbons (Fsp3) is 0.450. The Kier molecular flexibility index (Phi) is 11.1. The van der Waals surface area contributed by atoms with Crippen LogP contribution < -0.4 is 16.0 Å². The van der Waals surface area contributed by atoms with E-state index in [1.807, 2.05) is 31.2 Å². The van der Waals surface area contributed by atoms with Gasteiger partial charge < -0.3 is 16.0 Å². The van der Waals surface area contributed by atoms with Crippen molar-refractivity contribution in [3.63, 3.8) is 0 Å². The fourth-order valence-corrected chi connectivity index (χ4v) is 3.34. The van der Waals surface area contributed by atoms with E-state index < -0.39 is 0 Å². The molecule has 154 valence electrons. The summed E-state index contributed by atoms with van der Waals surface area (Å²) in [6.07, 6.45) is 1.38. The van der Waals surface area contributed by atoms with Crippen molar-refractivity contribution in [2.45, 2.75) is 52.6 Å². The second kappa shape index (κ2) is 12.7. The zero-order valence-corrected chi connectivity index (χ0v) is 20.1. The van der Waals surface area contributed by atoms with Gasteiger partial charge in [0.15, 0.2) is 5.96 Å². The van der Waals surface area contributed by atoms with Gasteiger partial charge in [-0.05, 0) is 30.0 Å². The van der Waals surface area contributed by atoms with Crippen molar-refractivity contribution in [2.24, 2.45) is 4.99 Å². The Bertz CT molecular complexity index is 775. The lowest BCUT2D eigenvalue weighted by molar-refractivity contribution is -0.116. The Balaban J connectivity index is 0.00000392. The summed E-state index contributed by atoms with van der Waals surface area (Å²) in [6, 6.07) is 7.84. The van der Waals surface area contributed by atoms with E-state index in [-0.39, 0.29) is 29.9 Å². The number of hydrogen-bond donors (Lipinski definition) is 3. The number of nitrogens with one attached hydrogen (secondary N) is 3. The van der Waals surface area contributed by atoms with Crippen LogP contribution in [0.4, 0.5) is 5.69 Å². The summed E-state index contributed by atoms with van der Waals surface area (Å²) >= 11 is 1.66. The molecule has 3 N–H and O–H groups in total. The number of halogens is 1. The molecule has 1 amide bonds. The van der Waals surface area contributed by atoms with Crippen LogP contribution in [0, 0.1) is 0 Å². The summed E-state index contributed by atoms with van der Waals surface area (Å²) in [5, 5.41) is 12.7. The molecular formula is C20H30IN5OS. The smallest absolute Gasteiger partial charge is 0.224 e. The molecule has 6 nitrogen and oxygen atoms in total. The number of carbonyl (C=O) groups is 1. The van der Waals surface area contributed by atoms with E-state index in [9.17, 15) is 4.79 Å². The lowest BCUT2D eigenvalue weighted by atomic mass is 10.2. The zero-order chi connectivity index (χ0) is 19.6. The second-order valence-corrected chi connectivity index (χ2v) is 7.54. The Morgan fingerprint density at radius 3 is 2.64 bits per heavy atom. The molecular weight excluding hydrogens is 485 g/mol. The molecule has 0 radical (unpaired) electrons. The number of rotatable bonds is 8. The van der Waals surface area contributed by atoms with E-state index in [1.54, 1.807) is 18.4 Å². The largest absolute Gasteiger partial charge is 0.352 e. The molecule has 0 aliphatic rings. The highest BCUT2D eigenvalue weighted by atomic mass is 127. The predicted molar refractivity (Wildman–Crippen MR) is 129 cm³/mol. The van der Waals surface area contributed by atoms with Gasteiger partial charge in [-0.1, -0.05) is 32.9 Å². The molecule has 8 heteroatoms. The molecule has 0 spiro atoms. The van der Waals surface area contributed by atoms with E-state index in [0.29, 0.717) is 25.4 Å². The lowest BCUT2D eigenvalue weighted by Crippen LogP contribution is -2.36. The maximum atomic E-state index is 11.7. The maximum absolute atomic E-state index is 11.7. The Hall–Kier alpha value is -1.68. The molecule has 28 heavy (non-hydrogen) atoms. The first kappa shape index (κ1) is 24.4. The number of benzene rings is 1. The SMILES string of the molecule is CCCC(=O)Nc1cccc(CNC(=NC)NCc2nc(C(C)C)cs2)c1.I. The van der Waals surface area contributed by atoms with Gasteiger partial charge >= 0.3 is 0 Å². The molecule has 0 saturated carbocycles. The van der Waals surface area contributed by atoms with Crippen molar-refractivity contribution in [3.05, 3.63) is 45.9 Å². The fourth-order valence-electron chi connectivity index (χ4n) is 2.45. The summed E-state index contributed by atoms with van der Waals surface area (Å²) in [6.45, 7) is 7.54. The third-order valence-electron chi connectivity index (χ3n) is 3.94. The molecule has 0 unspecified atom stereocenters. The van der Waals surface area contributed by atoms with E-state index in [0.717, 1.165) is 34.3 Å². The summed E-state index contributed by atoms with van der Waals surface area (Å²) in [4.78, 5) is 20.6. The zero-order valence-electron chi connectivity index (χ0n) is 16.9. The van der Waals surface area contributed by atoms with E-state index >= 15 is 0 Å². The van der Waals surface area contributed by atoms with E-state index in [2.05, 4.69) is 45.2 Å². The normalized spacial score (nSPS) is 11.1. The average molecular weight is 515 g/mol. The van der Waals surface area contributed by atoms with Crippen molar-refractivity contribution in [1.29, 1.82) is 0 Å². The molecule has 2 rings (SSSR count). The van der Waals surface area contributed by atoms with E-state index in [1.165, 1.54) is 0 Å². The highest BCUT2D eigenvalue weighted by Crippen LogP contribution is 2.17. The second-order valence-electron chi connectivity index (χ2n) is 6.60.